The summed E-state index contributed by atoms with van der Waals surface area (Å²) in [7, 11) is 4.21. The Morgan fingerprint density at radius 1 is 1.17 bits per heavy atom. The average molecular weight is 308 g/mol. The van der Waals surface area contributed by atoms with Gasteiger partial charge in [0, 0.05) is 55.4 Å². The summed E-state index contributed by atoms with van der Waals surface area (Å²) in [5.41, 5.74) is 4.93. The normalized spacial score (nSPS) is 23.3. The summed E-state index contributed by atoms with van der Waals surface area (Å²) in [4.78, 5) is 2.20. The molecule has 2 aromatic rings. The Morgan fingerprint density at radius 3 is 2.74 bits per heavy atom. The van der Waals surface area contributed by atoms with Gasteiger partial charge >= 0.3 is 0 Å². The van der Waals surface area contributed by atoms with Gasteiger partial charge in [0.05, 0.1) is 0 Å². The number of aromatic nitrogens is 1. The third-order valence-electron chi connectivity index (χ3n) is 4.91. The Hall–Kier alpha value is -2.29. The number of rotatable bonds is 1. The highest BCUT2D eigenvalue weighted by molar-refractivity contribution is 5.92. The molecule has 2 nitrogen and oxygen atoms in total. The molecule has 1 aromatic heterocycles. The van der Waals surface area contributed by atoms with E-state index < -0.39 is 5.67 Å². The lowest BCUT2D eigenvalue weighted by molar-refractivity contribution is 0.260. The number of benzene rings is 1. The molecule has 1 aliphatic heterocycles. The molecule has 1 aromatic carbocycles. The Bertz CT molecular complexity index is 881. The van der Waals surface area contributed by atoms with E-state index in [0.717, 1.165) is 17.7 Å². The van der Waals surface area contributed by atoms with Gasteiger partial charge in [-0.05, 0) is 36.3 Å². The fourth-order valence-corrected chi connectivity index (χ4v) is 3.52. The van der Waals surface area contributed by atoms with Crippen LogP contribution in [-0.2, 0) is 13.6 Å². The molecule has 0 amide bonds. The third-order valence-corrected chi connectivity index (χ3v) is 4.91. The summed E-state index contributed by atoms with van der Waals surface area (Å²) >= 11 is 0. The Kier molecular flexibility index (Phi) is 3.02. The molecule has 23 heavy (non-hydrogen) atoms. The van der Waals surface area contributed by atoms with E-state index in [1.54, 1.807) is 13.0 Å². The van der Waals surface area contributed by atoms with Crippen molar-refractivity contribution < 1.29 is 4.39 Å². The molecule has 0 radical (unpaired) electrons. The molecule has 0 bridgehead atoms. The van der Waals surface area contributed by atoms with Crippen LogP contribution in [0.15, 0.2) is 42.6 Å². The van der Waals surface area contributed by atoms with Gasteiger partial charge in [0.15, 0.2) is 0 Å². The maximum absolute atomic E-state index is 13.9. The lowest BCUT2D eigenvalue weighted by Gasteiger charge is -2.19. The summed E-state index contributed by atoms with van der Waals surface area (Å²) in [6.45, 7) is 2.55. The molecule has 1 atom stereocenters. The minimum atomic E-state index is -1.22. The second-order valence-corrected chi connectivity index (χ2v) is 6.86. The van der Waals surface area contributed by atoms with Crippen LogP contribution < -0.4 is 0 Å². The van der Waals surface area contributed by atoms with Crippen molar-refractivity contribution in [2.24, 2.45) is 7.05 Å². The second-order valence-electron chi connectivity index (χ2n) is 6.86. The van der Waals surface area contributed by atoms with E-state index in [0.29, 0.717) is 6.42 Å². The number of hydrogen-bond donors (Lipinski definition) is 0. The van der Waals surface area contributed by atoms with Crippen LogP contribution in [0.2, 0.25) is 0 Å². The van der Waals surface area contributed by atoms with Gasteiger partial charge in [-0.2, -0.15) is 0 Å². The molecule has 0 fully saturated rings. The van der Waals surface area contributed by atoms with Crippen LogP contribution in [0.4, 0.5) is 4.39 Å². The number of aryl methyl sites for hydroxylation is 1. The van der Waals surface area contributed by atoms with Gasteiger partial charge in [-0.3, -0.25) is 0 Å². The predicted molar refractivity (Wildman–Crippen MR) is 94.7 cm³/mol. The summed E-state index contributed by atoms with van der Waals surface area (Å²) in [6, 6.07) is 6.57. The number of nitrogens with zero attached hydrogens (tertiary/aromatic N) is 2. The van der Waals surface area contributed by atoms with Crippen molar-refractivity contribution in [1.82, 2.24) is 9.47 Å². The first kappa shape index (κ1) is 14.3. The van der Waals surface area contributed by atoms with Crippen LogP contribution in [0.5, 0.6) is 0 Å². The maximum Gasteiger partial charge on any atom is 0.130 e. The van der Waals surface area contributed by atoms with Crippen LogP contribution in [0.25, 0.3) is 22.6 Å². The van der Waals surface area contributed by atoms with E-state index in [9.17, 15) is 4.39 Å². The van der Waals surface area contributed by atoms with Crippen molar-refractivity contribution >= 4 is 22.6 Å². The van der Waals surface area contributed by atoms with Crippen LogP contribution in [-0.4, -0.2) is 22.2 Å². The summed E-state index contributed by atoms with van der Waals surface area (Å²) < 4.78 is 16.2. The Balaban J connectivity index is 1.81. The monoisotopic (exact) mass is 308 g/mol. The molecular formula is C20H21FN2. The molecule has 0 saturated heterocycles. The number of alkyl halides is 1. The molecule has 0 spiro atoms. The van der Waals surface area contributed by atoms with E-state index in [1.165, 1.54) is 22.2 Å². The van der Waals surface area contributed by atoms with Crippen LogP contribution in [0, 0.1) is 0 Å². The first-order valence-corrected chi connectivity index (χ1v) is 8.03. The molecule has 4 rings (SSSR count). The van der Waals surface area contributed by atoms with E-state index in [1.807, 2.05) is 12.2 Å². The standard InChI is InChI=1S/C20H21FN2/c1-20(21)9-6-14(7-10-20)15-4-5-16-17-13-22(2)11-8-18(17)23(3)19(16)12-15/h4-9,11-12H,10,13H2,1-3H3. The Labute approximate surface area is 136 Å². The molecule has 2 heterocycles. The summed E-state index contributed by atoms with van der Waals surface area (Å²) in [5.74, 6) is 0. The molecular weight excluding hydrogens is 287 g/mol. The van der Waals surface area contributed by atoms with Crippen LogP contribution in [0.3, 0.4) is 0 Å². The second kappa shape index (κ2) is 4.85. The van der Waals surface area contributed by atoms with Crippen molar-refractivity contribution in [2.75, 3.05) is 7.05 Å². The van der Waals surface area contributed by atoms with Crippen LogP contribution in [0.1, 0.15) is 30.2 Å². The van der Waals surface area contributed by atoms with Crippen molar-refractivity contribution in [3.8, 4) is 0 Å². The van der Waals surface area contributed by atoms with Crippen molar-refractivity contribution in [1.29, 1.82) is 0 Å². The van der Waals surface area contributed by atoms with Crippen molar-refractivity contribution in [2.45, 2.75) is 25.6 Å². The predicted octanol–water partition coefficient (Wildman–Crippen LogP) is 4.67. The highest BCUT2D eigenvalue weighted by Gasteiger charge is 2.22. The highest BCUT2D eigenvalue weighted by Crippen LogP contribution is 2.34. The van der Waals surface area contributed by atoms with Gasteiger partial charge in [0.2, 0.25) is 0 Å². The van der Waals surface area contributed by atoms with Gasteiger partial charge < -0.3 is 9.47 Å². The lowest BCUT2D eigenvalue weighted by atomic mass is 9.92. The van der Waals surface area contributed by atoms with Crippen molar-refractivity contribution in [3.63, 3.8) is 0 Å². The lowest BCUT2D eigenvalue weighted by Crippen LogP contribution is -2.14. The number of hydrogen-bond acceptors (Lipinski definition) is 1. The molecule has 1 aliphatic carbocycles. The zero-order valence-corrected chi connectivity index (χ0v) is 13.8. The molecule has 1 unspecified atom stereocenters. The van der Waals surface area contributed by atoms with Gasteiger partial charge in [-0.15, -0.1) is 0 Å². The van der Waals surface area contributed by atoms with Crippen molar-refractivity contribution in [3.05, 3.63) is 59.4 Å². The molecule has 0 N–H and O–H groups in total. The van der Waals surface area contributed by atoms with Gasteiger partial charge in [-0.25, -0.2) is 4.39 Å². The van der Waals surface area contributed by atoms with Gasteiger partial charge in [-0.1, -0.05) is 24.3 Å². The van der Waals surface area contributed by atoms with E-state index in [2.05, 4.69) is 54.0 Å². The number of fused-ring (bicyclic) bond motifs is 3. The maximum atomic E-state index is 13.9. The average Bonchev–Trinajstić information content (AvgIpc) is 2.79. The zero-order valence-electron chi connectivity index (χ0n) is 13.8. The Morgan fingerprint density at radius 2 is 2.00 bits per heavy atom. The fraction of sp³-hybridized carbons (Fsp3) is 0.300. The first-order valence-electron chi connectivity index (χ1n) is 8.03. The zero-order chi connectivity index (χ0) is 16.2. The fourth-order valence-electron chi connectivity index (χ4n) is 3.52. The highest BCUT2D eigenvalue weighted by atomic mass is 19.1. The van der Waals surface area contributed by atoms with Gasteiger partial charge in [0.25, 0.3) is 0 Å². The smallest absolute Gasteiger partial charge is 0.130 e. The van der Waals surface area contributed by atoms with Crippen LogP contribution >= 0.6 is 0 Å². The number of halogens is 1. The minimum absolute atomic E-state index is 0.439. The summed E-state index contributed by atoms with van der Waals surface area (Å²) in [5, 5.41) is 1.30. The quantitative estimate of drug-likeness (QED) is 0.743. The van der Waals surface area contributed by atoms with E-state index >= 15 is 0 Å². The largest absolute Gasteiger partial charge is 0.376 e. The molecule has 2 aliphatic rings. The van der Waals surface area contributed by atoms with E-state index in [4.69, 9.17) is 0 Å². The topological polar surface area (TPSA) is 8.17 Å². The SMILES string of the molecule is CN1C=Cc2c(c3ccc(C4=CCC(C)(F)C=C4)cc3n2C)C1. The van der Waals surface area contributed by atoms with E-state index in [-0.39, 0.29) is 0 Å². The molecule has 3 heteroatoms. The third kappa shape index (κ3) is 2.31. The minimum Gasteiger partial charge on any atom is -0.376 e. The molecule has 0 saturated carbocycles. The summed E-state index contributed by atoms with van der Waals surface area (Å²) in [6.07, 6.45) is 10.3. The van der Waals surface area contributed by atoms with Gasteiger partial charge in [0.1, 0.15) is 5.67 Å². The first-order chi connectivity index (χ1) is 10.9. The number of allylic oxidation sites excluding steroid dienone is 4. The molecule has 118 valence electrons.